The number of rotatable bonds is 9. The van der Waals surface area contributed by atoms with Crippen molar-refractivity contribution in [3.05, 3.63) is 46.9 Å². The molecule has 3 aromatic rings. The molecular formula is C20H21BrN4O4. The second-order valence-electron chi connectivity index (χ2n) is 6.00. The van der Waals surface area contributed by atoms with Crippen LogP contribution in [0.1, 0.15) is 12.8 Å². The summed E-state index contributed by atoms with van der Waals surface area (Å²) in [6.45, 7) is 0.429. The molecule has 0 radical (unpaired) electrons. The summed E-state index contributed by atoms with van der Waals surface area (Å²) in [5, 5.41) is 9.53. The summed E-state index contributed by atoms with van der Waals surface area (Å²) >= 11 is 3.42. The van der Waals surface area contributed by atoms with Gasteiger partial charge in [0.1, 0.15) is 17.2 Å². The van der Waals surface area contributed by atoms with Gasteiger partial charge in [-0.05, 0) is 46.6 Å². The molecule has 0 spiro atoms. The lowest BCUT2D eigenvalue weighted by Gasteiger charge is -2.08. The predicted octanol–water partition coefficient (Wildman–Crippen LogP) is 4.05. The molecule has 8 nitrogen and oxygen atoms in total. The largest absolute Gasteiger partial charge is 0.497 e. The highest BCUT2D eigenvalue weighted by molar-refractivity contribution is 9.10. The van der Waals surface area contributed by atoms with Gasteiger partial charge in [0.25, 0.3) is 0 Å². The number of para-hydroxylation sites is 1. The molecule has 0 saturated heterocycles. The molecular weight excluding hydrogens is 440 g/mol. The summed E-state index contributed by atoms with van der Waals surface area (Å²) in [6, 6.07) is 12.9. The maximum absolute atomic E-state index is 12.1. The molecule has 0 aliphatic carbocycles. The molecule has 29 heavy (non-hydrogen) atoms. The smallest absolute Gasteiger partial charge is 0.249 e. The summed E-state index contributed by atoms with van der Waals surface area (Å²) in [5.41, 5.74) is 0.711. The first-order valence-corrected chi connectivity index (χ1v) is 9.72. The predicted molar refractivity (Wildman–Crippen MR) is 112 cm³/mol. The molecule has 3 rings (SSSR count). The molecule has 9 heteroatoms. The Balaban J connectivity index is 1.52. The average Bonchev–Trinajstić information content (AvgIpc) is 3.20. The lowest BCUT2D eigenvalue weighted by Crippen LogP contribution is -2.13. The van der Waals surface area contributed by atoms with Gasteiger partial charge in [0.05, 0.1) is 30.9 Å². The van der Waals surface area contributed by atoms with Crippen LogP contribution in [0.4, 0.5) is 5.95 Å². The normalized spacial score (nSPS) is 10.4. The minimum absolute atomic E-state index is 0.187. The average molecular weight is 461 g/mol. The third-order valence-corrected chi connectivity index (χ3v) is 4.70. The number of amides is 1. The Hall–Kier alpha value is -3.07. The first kappa shape index (κ1) is 20.7. The van der Waals surface area contributed by atoms with Crippen LogP contribution >= 0.6 is 15.9 Å². The fraction of sp³-hybridized carbons (Fsp3) is 0.250. The van der Waals surface area contributed by atoms with Crippen molar-refractivity contribution in [2.24, 2.45) is 0 Å². The number of ether oxygens (including phenoxy) is 3. The molecule has 0 aliphatic rings. The molecule has 0 aliphatic heterocycles. The number of methoxy groups -OCH3 is 2. The van der Waals surface area contributed by atoms with Crippen LogP contribution < -0.4 is 19.5 Å². The first-order valence-electron chi connectivity index (χ1n) is 8.92. The second kappa shape index (κ2) is 9.92. The number of halogens is 1. The molecule has 0 atom stereocenters. The minimum Gasteiger partial charge on any atom is -0.497 e. The molecule has 0 saturated carbocycles. The lowest BCUT2D eigenvalue weighted by atomic mass is 10.2. The molecule has 2 N–H and O–H groups in total. The van der Waals surface area contributed by atoms with E-state index in [1.54, 1.807) is 26.4 Å². The monoisotopic (exact) mass is 460 g/mol. The molecule has 1 heterocycles. The van der Waals surface area contributed by atoms with E-state index in [9.17, 15) is 4.79 Å². The fourth-order valence-electron chi connectivity index (χ4n) is 2.60. The molecule has 1 aromatic heterocycles. The summed E-state index contributed by atoms with van der Waals surface area (Å²) < 4.78 is 17.1. The lowest BCUT2D eigenvalue weighted by molar-refractivity contribution is -0.116. The number of nitrogens with zero attached hydrogens (tertiary/aromatic N) is 2. The van der Waals surface area contributed by atoms with Crippen LogP contribution in [0, 0.1) is 0 Å². The molecule has 0 bridgehead atoms. The topological polar surface area (TPSA) is 98.4 Å². The Morgan fingerprint density at radius 2 is 1.97 bits per heavy atom. The summed E-state index contributed by atoms with van der Waals surface area (Å²) in [7, 11) is 3.15. The molecule has 152 valence electrons. The van der Waals surface area contributed by atoms with Crippen LogP contribution in [0.3, 0.4) is 0 Å². The Morgan fingerprint density at radius 3 is 2.72 bits per heavy atom. The number of benzene rings is 2. The number of carbonyl (C=O) groups is 1. The van der Waals surface area contributed by atoms with Crippen molar-refractivity contribution >= 4 is 27.8 Å². The number of nitrogens with one attached hydrogen (secondary N) is 2. The fourth-order valence-corrected chi connectivity index (χ4v) is 3.00. The maximum atomic E-state index is 12.1. The number of hydrogen-bond donors (Lipinski definition) is 2. The highest BCUT2D eigenvalue weighted by Crippen LogP contribution is 2.31. The summed E-state index contributed by atoms with van der Waals surface area (Å²) in [5.74, 6) is 2.51. The highest BCUT2D eigenvalue weighted by atomic mass is 79.9. The Labute approximate surface area is 176 Å². The van der Waals surface area contributed by atoms with E-state index in [-0.39, 0.29) is 11.9 Å². The first-order chi connectivity index (χ1) is 14.1. The van der Waals surface area contributed by atoms with Crippen molar-refractivity contribution in [2.75, 3.05) is 26.1 Å². The zero-order valence-electron chi connectivity index (χ0n) is 16.1. The Kier molecular flexibility index (Phi) is 7.07. The maximum Gasteiger partial charge on any atom is 0.249 e. The van der Waals surface area contributed by atoms with Gasteiger partial charge in [-0.3, -0.25) is 15.2 Å². The SMILES string of the molecule is COc1ccc(-c2nc(NC(=O)CCCOc3ccccc3Br)n[nH]2)c(OC)c1. The Morgan fingerprint density at radius 1 is 1.14 bits per heavy atom. The van der Waals surface area contributed by atoms with Crippen molar-refractivity contribution < 1.29 is 19.0 Å². The number of hydrogen-bond acceptors (Lipinski definition) is 6. The third kappa shape index (κ3) is 5.47. The third-order valence-electron chi connectivity index (χ3n) is 4.04. The van der Waals surface area contributed by atoms with Crippen molar-refractivity contribution in [1.29, 1.82) is 0 Å². The second-order valence-corrected chi connectivity index (χ2v) is 6.86. The summed E-state index contributed by atoms with van der Waals surface area (Å²) in [6.07, 6.45) is 0.858. The molecule has 0 unspecified atom stereocenters. The number of H-pyrrole nitrogens is 1. The van der Waals surface area contributed by atoms with E-state index in [0.717, 1.165) is 10.2 Å². The van der Waals surface area contributed by atoms with Crippen LogP contribution in [-0.4, -0.2) is 41.9 Å². The van der Waals surface area contributed by atoms with Gasteiger partial charge in [-0.15, -0.1) is 5.10 Å². The van der Waals surface area contributed by atoms with Crippen molar-refractivity contribution in [1.82, 2.24) is 15.2 Å². The standard InChI is InChI=1S/C20H21BrN4O4/c1-27-13-9-10-14(17(12-13)28-2)19-23-20(25-24-19)22-18(26)8-5-11-29-16-7-4-3-6-15(16)21/h3-4,6-7,9-10,12H,5,8,11H2,1-2H3,(H2,22,23,24,25,26). The van der Waals surface area contributed by atoms with Crippen LogP contribution in [0.15, 0.2) is 46.9 Å². The van der Waals surface area contributed by atoms with Crippen molar-refractivity contribution in [3.63, 3.8) is 0 Å². The summed E-state index contributed by atoms with van der Waals surface area (Å²) in [4.78, 5) is 16.4. The van der Waals surface area contributed by atoms with Crippen molar-refractivity contribution in [2.45, 2.75) is 12.8 Å². The van der Waals surface area contributed by atoms with E-state index < -0.39 is 0 Å². The molecule has 1 amide bonds. The van der Waals surface area contributed by atoms with Gasteiger partial charge < -0.3 is 14.2 Å². The van der Waals surface area contributed by atoms with Gasteiger partial charge in [0.2, 0.25) is 11.9 Å². The van der Waals surface area contributed by atoms with Gasteiger partial charge in [0, 0.05) is 12.5 Å². The van der Waals surface area contributed by atoms with E-state index in [0.29, 0.717) is 42.3 Å². The molecule has 0 fully saturated rings. The number of carbonyl (C=O) groups excluding carboxylic acids is 1. The highest BCUT2D eigenvalue weighted by Gasteiger charge is 2.13. The van der Waals surface area contributed by atoms with E-state index in [1.165, 1.54) is 0 Å². The van der Waals surface area contributed by atoms with Gasteiger partial charge >= 0.3 is 0 Å². The quantitative estimate of drug-likeness (QED) is 0.467. The minimum atomic E-state index is -0.187. The van der Waals surface area contributed by atoms with Crippen LogP contribution in [-0.2, 0) is 4.79 Å². The van der Waals surface area contributed by atoms with Gasteiger partial charge in [-0.2, -0.15) is 4.98 Å². The zero-order valence-corrected chi connectivity index (χ0v) is 17.7. The molecule has 2 aromatic carbocycles. The van der Waals surface area contributed by atoms with E-state index in [4.69, 9.17) is 14.2 Å². The zero-order chi connectivity index (χ0) is 20.6. The van der Waals surface area contributed by atoms with Gasteiger partial charge in [-0.1, -0.05) is 12.1 Å². The van der Waals surface area contributed by atoms with E-state index in [1.807, 2.05) is 30.3 Å². The van der Waals surface area contributed by atoms with Crippen LogP contribution in [0.25, 0.3) is 11.4 Å². The number of anilines is 1. The Bertz CT molecular complexity index is 977. The van der Waals surface area contributed by atoms with E-state index >= 15 is 0 Å². The van der Waals surface area contributed by atoms with Gasteiger partial charge in [0.15, 0.2) is 5.82 Å². The van der Waals surface area contributed by atoms with Crippen molar-refractivity contribution in [3.8, 4) is 28.6 Å². The number of aromatic nitrogens is 3. The van der Waals surface area contributed by atoms with Crippen LogP contribution in [0.2, 0.25) is 0 Å². The van der Waals surface area contributed by atoms with Crippen LogP contribution in [0.5, 0.6) is 17.2 Å². The number of aromatic amines is 1. The van der Waals surface area contributed by atoms with E-state index in [2.05, 4.69) is 36.4 Å². The van der Waals surface area contributed by atoms with Gasteiger partial charge in [-0.25, -0.2) is 0 Å².